The second kappa shape index (κ2) is 7.90. The average Bonchev–Trinajstić information content (AvgIpc) is 2.61. The first-order valence-electron chi connectivity index (χ1n) is 8.33. The number of benzene rings is 2. The van der Waals surface area contributed by atoms with E-state index in [1.807, 2.05) is 42.5 Å². The number of primary amides is 1. The summed E-state index contributed by atoms with van der Waals surface area (Å²) in [5.41, 5.74) is 14.8. The van der Waals surface area contributed by atoms with Crippen LogP contribution in [0.25, 0.3) is 0 Å². The molecule has 4 N–H and O–H groups in total. The Bertz CT molecular complexity index is 742. The summed E-state index contributed by atoms with van der Waals surface area (Å²) >= 11 is 0. The topological polar surface area (TPSA) is 90.8 Å². The van der Waals surface area contributed by atoms with Gasteiger partial charge in [0.05, 0.1) is 25.3 Å². The number of anilines is 2. The molecule has 2 aromatic carbocycles. The first-order valence-corrected chi connectivity index (χ1v) is 8.33. The third-order valence-corrected chi connectivity index (χ3v) is 4.14. The molecule has 1 saturated heterocycles. The van der Waals surface area contributed by atoms with E-state index >= 15 is 0 Å². The van der Waals surface area contributed by atoms with Crippen LogP contribution in [-0.2, 0) is 22.6 Å². The van der Waals surface area contributed by atoms with Crippen molar-refractivity contribution in [2.45, 2.75) is 13.0 Å². The highest BCUT2D eigenvalue weighted by Crippen LogP contribution is 2.29. The zero-order valence-corrected chi connectivity index (χ0v) is 14.1. The lowest BCUT2D eigenvalue weighted by Gasteiger charge is -2.29. The van der Waals surface area contributed by atoms with Gasteiger partial charge in [-0.25, -0.2) is 0 Å². The van der Waals surface area contributed by atoms with Gasteiger partial charge in [-0.05, 0) is 23.3 Å². The van der Waals surface area contributed by atoms with Gasteiger partial charge in [0, 0.05) is 24.8 Å². The van der Waals surface area contributed by atoms with Crippen molar-refractivity contribution in [3.63, 3.8) is 0 Å². The standard InChI is InChI=1S/C19H23N3O3/c20-17-5-4-16(22-6-8-24-9-7-22)12-18(17)25-13-15-3-1-2-14(10-15)11-19(21)23/h1-5,10,12H,6-9,11,13,20H2,(H2,21,23). The molecule has 0 unspecified atom stereocenters. The predicted octanol–water partition coefficient (Wildman–Crippen LogP) is 1.71. The third-order valence-electron chi connectivity index (χ3n) is 4.14. The number of amides is 1. The van der Waals surface area contributed by atoms with E-state index in [0.29, 0.717) is 18.0 Å². The highest BCUT2D eigenvalue weighted by molar-refractivity contribution is 5.76. The van der Waals surface area contributed by atoms with Gasteiger partial charge >= 0.3 is 0 Å². The number of nitrogen functional groups attached to an aromatic ring is 1. The predicted molar refractivity (Wildman–Crippen MR) is 97.6 cm³/mol. The van der Waals surface area contributed by atoms with Crippen molar-refractivity contribution < 1.29 is 14.3 Å². The van der Waals surface area contributed by atoms with Crippen LogP contribution in [0.3, 0.4) is 0 Å². The molecule has 1 fully saturated rings. The van der Waals surface area contributed by atoms with E-state index in [4.69, 9.17) is 20.9 Å². The Morgan fingerprint density at radius 2 is 1.88 bits per heavy atom. The molecule has 0 radical (unpaired) electrons. The molecule has 6 heteroatoms. The Kier molecular flexibility index (Phi) is 5.40. The Morgan fingerprint density at radius 3 is 2.64 bits per heavy atom. The molecule has 132 valence electrons. The largest absolute Gasteiger partial charge is 0.487 e. The van der Waals surface area contributed by atoms with Crippen LogP contribution in [0.5, 0.6) is 5.75 Å². The summed E-state index contributed by atoms with van der Waals surface area (Å²) in [5.74, 6) is 0.310. The van der Waals surface area contributed by atoms with E-state index in [1.54, 1.807) is 0 Å². The summed E-state index contributed by atoms with van der Waals surface area (Å²) in [5, 5.41) is 0. The Morgan fingerprint density at radius 1 is 1.12 bits per heavy atom. The minimum Gasteiger partial charge on any atom is -0.487 e. The molecule has 0 spiro atoms. The minimum atomic E-state index is -0.347. The van der Waals surface area contributed by atoms with Gasteiger partial charge in [-0.3, -0.25) is 4.79 Å². The van der Waals surface area contributed by atoms with Crippen molar-refractivity contribution in [1.82, 2.24) is 0 Å². The van der Waals surface area contributed by atoms with Gasteiger partial charge in [0.1, 0.15) is 12.4 Å². The normalized spacial score (nSPS) is 14.3. The monoisotopic (exact) mass is 341 g/mol. The maximum absolute atomic E-state index is 11.1. The number of hydrogen-bond acceptors (Lipinski definition) is 5. The number of carbonyl (C=O) groups is 1. The number of nitrogens with zero attached hydrogens (tertiary/aromatic N) is 1. The first kappa shape index (κ1) is 17.1. The number of ether oxygens (including phenoxy) is 2. The van der Waals surface area contributed by atoms with E-state index in [2.05, 4.69) is 4.90 Å². The Balaban J connectivity index is 1.69. The van der Waals surface area contributed by atoms with Crippen LogP contribution in [0.4, 0.5) is 11.4 Å². The maximum Gasteiger partial charge on any atom is 0.221 e. The van der Waals surface area contributed by atoms with Gasteiger partial charge in [0.2, 0.25) is 5.91 Å². The molecule has 0 atom stereocenters. The fourth-order valence-corrected chi connectivity index (χ4v) is 2.86. The van der Waals surface area contributed by atoms with E-state index in [0.717, 1.165) is 43.1 Å². The van der Waals surface area contributed by atoms with Crippen molar-refractivity contribution in [2.24, 2.45) is 5.73 Å². The molecule has 0 aliphatic carbocycles. The molecule has 0 bridgehead atoms. The summed E-state index contributed by atoms with van der Waals surface area (Å²) in [6, 6.07) is 13.5. The highest BCUT2D eigenvalue weighted by Gasteiger charge is 2.13. The highest BCUT2D eigenvalue weighted by atomic mass is 16.5. The molecule has 3 rings (SSSR count). The summed E-state index contributed by atoms with van der Waals surface area (Å²) in [7, 11) is 0. The lowest BCUT2D eigenvalue weighted by atomic mass is 10.1. The lowest BCUT2D eigenvalue weighted by Crippen LogP contribution is -2.36. The van der Waals surface area contributed by atoms with Gasteiger partial charge in [-0.2, -0.15) is 0 Å². The Hall–Kier alpha value is -2.73. The summed E-state index contributed by atoms with van der Waals surface area (Å²) in [6.45, 7) is 3.56. The van der Waals surface area contributed by atoms with Gasteiger partial charge in [-0.1, -0.05) is 24.3 Å². The summed E-state index contributed by atoms with van der Waals surface area (Å²) in [4.78, 5) is 13.3. The van der Waals surface area contributed by atoms with Crippen molar-refractivity contribution in [1.29, 1.82) is 0 Å². The van der Waals surface area contributed by atoms with Crippen LogP contribution in [0.1, 0.15) is 11.1 Å². The lowest BCUT2D eigenvalue weighted by molar-refractivity contribution is -0.117. The van der Waals surface area contributed by atoms with E-state index < -0.39 is 0 Å². The quantitative estimate of drug-likeness (QED) is 0.781. The van der Waals surface area contributed by atoms with Crippen LogP contribution in [-0.4, -0.2) is 32.2 Å². The van der Waals surface area contributed by atoms with Crippen LogP contribution < -0.4 is 21.1 Å². The summed E-state index contributed by atoms with van der Waals surface area (Å²) < 4.78 is 11.3. The van der Waals surface area contributed by atoms with Crippen molar-refractivity contribution in [3.8, 4) is 5.75 Å². The number of morpholine rings is 1. The van der Waals surface area contributed by atoms with Crippen molar-refractivity contribution in [3.05, 3.63) is 53.6 Å². The average molecular weight is 341 g/mol. The SMILES string of the molecule is NC(=O)Cc1cccc(COc2cc(N3CCOCC3)ccc2N)c1. The molecule has 25 heavy (non-hydrogen) atoms. The summed E-state index contributed by atoms with van der Waals surface area (Å²) in [6.07, 6.45) is 0.225. The molecule has 2 aromatic rings. The van der Waals surface area contributed by atoms with Crippen LogP contribution >= 0.6 is 0 Å². The Labute approximate surface area is 147 Å². The zero-order valence-electron chi connectivity index (χ0n) is 14.1. The van der Waals surface area contributed by atoms with Gasteiger partial charge in [0.15, 0.2) is 0 Å². The molecule has 0 aromatic heterocycles. The van der Waals surface area contributed by atoms with E-state index in [1.165, 1.54) is 0 Å². The molecule has 1 aliphatic rings. The van der Waals surface area contributed by atoms with Gasteiger partial charge in [-0.15, -0.1) is 0 Å². The molecule has 1 aliphatic heterocycles. The first-order chi connectivity index (χ1) is 12.1. The number of rotatable bonds is 6. The maximum atomic E-state index is 11.1. The van der Waals surface area contributed by atoms with Crippen LogP contribution in [0.15, 0.2) is 42.5 Å². The molecular weight excluding hydrogens is 318 g/mol. The molecule has 6 nitrogen and oxygen atoms in total. The zero-order chi connectivity index (χ0) is 17.6. The van der Waals surface area contributed by atoms with Crippen molar-refractivity contribution >= 4 is 17.3 Å². The number of hydrogen-bond donors (Lipinski definition) is 2. The van der Waals surface area contributed by atoms with Gasteiger partial charge in [0.25, 0.3) is 0 Å². The minimum absolute atomic E-state index is 0.225. The van der Waals surface area contributed by atoms with Crippen LogP contribution in [0.2, 0.25) is 0 Å². The molecular formula is C19H23N3O3. The number of nitrogens with two attached hydrogens (primary N) is 2. The fourth-order valence-electron chi connectivity index (χ4n) is 2.86. The third kappa shape index (κ3) is 4.64. The second-order valence-corrected chi connectivity index (χ2v) is 6.07. The fraction of sp³-hybridized carbons (Fsp3) is 0.316. The van der Waals surface area contributed by atoms with E-state index in [-0.39, 0.29) is 12.3 Å². The van der Waals surface area contributed by atoms with Gasteiger partial charge < -0.3 is 25.8 Å². The van der Waals surface area contributed by atoms with Crippen LogP contribution in [0, 0.1) is 0 Å². The smallest absolute Gasteiger partial charge is 0.221 e. The number of carbonyl (C=O) groups excluding carboxylic acids is 1. The van der Waals surface area contributed by atoms with E-state index in [9.17, 15) is 4.79 Å². The molecule has 1 amide bonds. The molecule has 1 heterocycles. The van der Waals surface area contributed by atoms with Crippen molar-refractivity contribution in [2.75, 3.05) is 36.9 Å². The molecule has 0 saturated carbocycles. The second-order valence-electron chi connectivity index (χ2n) is 6.07.